The van der Waals surface area contributed by atoms with Gasteiger partial charge in [-0.1, -0.05) is 29.8 Å². The van der Waals surface area contributed by atoms with Gasteiger partial charge in [-0.05, 0) is 54.7 Å². The molecule has 2 atom stereocenters. The molecule has 0 amide bonds. The lowest BCUT2D eigenvalue weighted by Gasteiger charge is -2.35. The molecule has 6 heteroatoms. The number of hydrogen-bond donors (Lipinski definition) is 1. The molecule has 1 aliphatic carbocycles. The molecule has 2 aromatic rings. The van der Waals surface area contributed by atoms with Crippen LogP contribution in [0.2, 0.25) is 5.02 Å². The summed E-state index contributed by atoms with van der Waals surface area (Å²) in [5, 5.41) is 13.9. The lowest BCUT2D eigenvalue weighted by Crippen LogP contribution is -2.33. The van der Waals surface area contributed by atoms with Gasteiger partial charge >= 0.3 is 0 Å². The highest BCUT2D eigenvalue weighted by atomic mass is 35.5. The van der Waals surface area contributed by atoms with Crippen LogP contribution in [0.3, 0.4) is 0 Å². The Kier molecular flexibility index (Phi) is 5.75. The minimum Gasteiger partial charge on any atom is -0.493 e. The van der Waals surface area contributed by atoms with Crippen molar-refractivity contribution >= 4 is 17.4 Å². The van der Waals surface area contributed by atoms with E-state index < -0.39 is 5.92 Å². The number of benzene rings is 2. The fraction of sp³-hybridized carbons (Fsp3) is 0.280. The molecular weight excluding hydrogens is 412 g/mol. The van der Waals surface area contributed by atoms with Crippen LogP contribution in [0.1, 0.15) is 42.7 Å². The van der Waals surface area contributed by atoms with Gasteiger partial charge in [0.25, 0.3) is 0 Å². The van der Waals surface area contributed by atoms with Gasteiger partial charge in [0.05, 0.1) is 31.8 Å². The number of ether oxygens (including phenoxy) is 2. The molecule has 158 valence electrons. The predicted molar refractivity (Wildman–Crippen MR) is 119 cm³/mol. The van der Waals surface area contributed by atoms with Crippen molar-refractivity contribution in [1.29, 1.82) is 5.26 Å². The Morgan fingerprint density at radius 3 is 2.35 bits per heavy atom. The van der Waals surface area contributed by atoms with E-state index in [1.54, 1.807) is 14.2 Å². The third kappa shape index (κ3) is 3.80. The van der Waals surface area contributed by atoms with E-state index in [1.807, 2.05) is 49.4 Å². The molecule has 1 heterocycles. The second-order valence-corrected chi connectivity index (χ2v) is 8.23. The number of carbonyl (C=O) groups is 1. The summed E-state index contributed by atoms with van der Waals surface area (Å²) in [4.78, 5) is 13.4. The highest BCUT2D eigenvalue weighted by Gasteiger charge is 2.39. The SMILES string of the molecule is COc1ccc(C2C(C#N)=C(C)NC3=C2C(=O)CC(c2ccc(Cl)cc2)C3)cc1OC. The molecule has 0 fully saturated rings. The van der Waals surface area contributed by atoms with Gasteiger partial charge < -0.3 is 14.8 Å². The maximum atomic E-state index is 13.4. The molecule has 2 aliphatic rings. The highest BCUT2D eigenvalue weighted by Crippen LogP contribution is 2.46. The minimum absolute atomic E-state index is 0.0498. The normalized spacial score (nSPS) is 20.7. The van der Waals surface area contributed by atoms with Crippen molar-refractivity contribution in [1.82, 2.24) is 5.32 Å². The molecule has 1 aliphatic heterocycles. The summed E-state index contributed by atoms with van der Waals surface area (Å²) in [7, 11) is 3.15. The molecule has 0 aromatic heterocycles. The molecular formula is C25H23ClN2O3. The summed E-state index contributed by atoms with van der Waals surface area (Å²) in [6, 6.07) is 15.5. The Labute approximate surface area is 186 Å². The highest BCUT2D eigenvalue weighted by molar-refractivity contribution is 6.30. The fourth-order valence-electron chi connectivity index (χ4n) is 4.52. The first-order valence-corrected chi connectivity index (χ1v) is 10.5. The first-order valence-electron chi connectivity index (χ1n) is 10.1. The van der Waals surface area contributed by atoms with E-state index in [2.05, 4.69) is 11.4 Å². The number of nitriles is 1. The van der Waals surface area contributed by atoms with Gasteiger partial charge in [0.2, 0.25) is 0 Å². The van der Waals surface area contributed by atoms with Gasteiger partial charge in [-0.3, -0.25) is 4.79 Å². The van der Waals surface area contributed by atoms with Crippen molar-refractivity contribution in [3.8, 4) is 17.6 Å². The molecule has 0 spiro atoms. The molecule has 0 saturated heterocycles. The molecule has 5 nitrogen and oxygen atoms in total. The number of ketones is 1. The van der Waals surface area contributed by atoms with Crippen LogP contribution in [0.4, 0.5) is 0 Å². The zero-order valence-electron chi connectivity index (χ0n) is 17.7. The van der Waals surface area contributed by atoms with Crippen LogP contribution >= 0.6 is 11.6 Å². The van der Waals surface area contributed by atoms with E-state index in [9.17, 15) is 10.1 Å². The average Bonchev–Trinajstić information content (AvgIpc) is 2.78. The number of nitrogens with one attached hydrogen (secondary N) is 1. The number of allylic oxidation sites excluding steroid dienone is 4. The molecule has 4 rings (SSSR count). The molecule has 1 N–H and O–H groups in total. The van der Waals surface area contributed by atoms with Crippen LogP contribution in [0.15, 0.2) is 65.0 Å². The van der Waals surface area contributed by atoms with Gasteiger partial charge in [-0.15, -0.1) is 0 Å². The zero-order valence-corrected chi connectivity index (χ0v) is 18.4. The summed E-state index contributed by atoms with van der Waals surface area (Å²) in [5.41, 5.74) is 4.78. The van der Waals surface area contributed by atoms with E-state index in [1.165, 1.54) is 0 Å². The number of methoxy groups -OCH3 is 2. The molecule has 2 aromatic carbocycles. The minimum atomic E-state index is -0.431. The van der Waals surface area contributed by atoms with Gasteiger partial charge in [-0.25, -0.2) is 0 Å². The standard InChI is InChI=1S/C25H23ClN2O3/c1-14-19(13-27)24(16-6-9-22(30-2)23(12-16)31-3)25-20(28-14)10-17(11-21(25)29)15-4-7-18(26)8-5-15/h4-9,12,17,24,28H,10-11H2,1-3H3. The molecule has 0 bridgehead atoms. The quantitative estimate of drug-likeness (QED) is 0.712. The summed E-state index contributed by atoms with van der Waals surface area (Å²) < 4.78 is 10.8. The van der Waals surface area contributed by atoms with Crippen molar-refractivity contribution in [3.63, 3.8) is 0 Å². The molecule has 0 radical (unpaired) electrons. The average molecular weight is 435 g/mol. The van der Waals surface area contributed by atoms with Crippen molar-refractivity contribution < 1.29 is 14.3 Å². The lowest BCUT2D eigenvalue weighted by molar-refractivity contribution is -0.116. The summed E-state index contributed by atoms with van der Waals surface area (Å²) in [5.74, 6) is 0.858. The van der Waals surface area contributed by atoms with E-state index in [4.69, 9.17) is 21.1 Å². The number of hydrogen-bond acceptors (Lipinski definition) is 5. The Morgan fingerprint density at radius 2 is 1.71 bits per heavy atom. The van der Waals surface area contributed by atoms with Crippen LogP contribution in [0, 0.1) is 11.3 Å². The largest absolute Gasteiger partial charge is 0.493 e. The monoisotopic (exact) mass is 434 g/mol. The van der Waals surface area contributed by atoms with E-state index in [0.29, 0.717) is 40.5 Å². The third-order valence-electron chi connectivity index (χ3n) is 6.03. The molecule has 0 saturated carbocycles. The number of Topliss-reactive ketones (excluding diaryl/α,β-unsaturated/α-hetero) is 1. The van der Waals surface area contributed by atoms with Crippen LogP contribution in [-0.4, -0.2) is 20.0 Å². The maximum Gasteiger partial charge on any atom is 0.162 e. The number of halogens is 1. The molecule has 31 heavy (non-hydrogen) atoms. The number of dihydropyridines is 1. The van der Waals surface area contributed by atoms with Gasteiger partial charge in [0, 0.05) is 28.4 Å². The Balaban J connectivity index is 1.79. The summed E-state index contributed by atoms with van der Waals surface area (Å²) in [6.07, 6.45) is 1.09. The zero-order chi connectivity index (χ0) is 22.1. The van der Waals surface area contributed by atoms with Crippen molar-refractivity contribution in [2.24, 2.45) is 0 Å². The predicted octanol–water partition coefficient (Wildman–Crippen LogP) is 5.24. The van der Waals surface area contributed by atoms with Gasteiger partial charge in [0.1, 0.15) is 0 Å². The fourth-order valence-corrected chi connectivity index (χ4v) is 4.65. The topological polar surface area (TPSA) is 71.3 Å². The van der Waals surface area contributed by atoms with Crippen LogP contribution in [-0.2, 0) is 4.79 Å². The van der Waals surface area contributed by atoms with Crippen molar-refractivity contribution in [3.05, 3.63) is 81.2 Å². The van der Waals surface area contributed by atoms with Gasteiger partial charge in [-0.2, -0.15) is 5.26 Å². The third-order valence-corrected chi connectivity index (χ3v) is 6.28. The number of nitrogens with zero attached hydrogens (tertiary/aromatic N) is 1. The van der Waals surface area contributed by atoms with E-state index >= 15 is 0 Å². The number of rotatable bonds is 4. The van der Waals surface area contributed by atoms with Crippen LogP contribution in [0.25, 0.3) is 0 Å². The Bertz CT molecular complexity index is 1140. The summed E-state index contributed by atoms with van der Waals surface area (Å²) in [6.45, 7) is 1.88. The first-order chi connectivity index (χ1) is 15.0. The smallest absolute Gasteiger partial charge is 0.162 e. The van der Waals surface area contributed by atoms with Gasteiger partial charge in [0.15, 0.2) is 17.3 Å². The van der Waals surface area contributed by atoms with Crippen molar-refractivity contribution in [2.75, 3.05) is 14.2 Å². The van der Waals surface area contributed by atoms with E-state index in [-0.39, 0.29) is 11.7 Å². The van der Waals surface area contributed by atoms with Crippen molar-refractivity contribution in [2.45, 2.75) is 31.6 Å². The Morgan fingerprint density at radius 1 is 1.03 bits per heavy atom. The lowest BCUT2D eigenvalue weighted by atomic mass is 9.72. The first kappa shape index (κ1) is 21.0. The maximum absolute atomic E-state index is 13.4. The number of carbonyl (C=O) groups excluding carboxylic acids is 1. The second-order valence-electron chi connectivity index (χ2n) is 7.80. The second kappa shape index (κ2) is 8.49. The Hall–Kier alpha value is -3.23. The van der Waals surface area contributed by atoms with E-state index in [0.717, 1.165) is 22.5 Å². The summed E-state index contributed by atoms with van der Waals surface area (Å²) >= 11 is 6.03. The van der Waals surface area contributed by atoms with Crippen LogP contribution < -0.4 is 14.8 Å². The van der Waals surface area contributed by atoms with Crippen LogP contribution in [0.5, 0.6) is 11.5 Å². The molecule has 2 unspecified atom stereocenters.